The highest BCUT2D eigenvalue weighted by Gasteiger charge is 2.05. The first-order valence-corrected chi connectivity index (χ1v) is 8.36. The highest BCUT2D eigenvalue weighted by molar-refractivity contribution is 5.91. The third kappa shape index (κ3) is 5.30. The molecular formula is C20H26N2O2. The lowest BCUT2D eigenvalue weighted by Crippen LogP contribution is -2.16. The fourth-order valence-corrected chi connectivity index (χ4v) is 2.47. The highest BCUT2D eigenvalue weighted by Crippen LogP contribution is 2.19. The number of aryl methyl sites for hydroxylation is 1. The summed E-state index contributed by atoms with van der Waals surface area (Å²) in [7, 11) is 3.70. The van der Waals surface area contributed by atoms with Crippen molar-refractivity contribution in [2.45, 2.75) is 26.2 Å². The smallest absolute Gasteiger partial charge is 0.224 e. The zero-order valence-electron chi connectivity index (χ0n) is 14.7. The maximum absolute atomic E-state index is 12.1. The van der Waals surface area contributed by atoms with Gasteiger partial charge in [-0.1, -0.05) is 18.2 Å². The Bertz CT molecular complexity index is 653. The van der Waals surface area contributed by atoms with E-state index < -0.39 is 0 Å². The van der Waals surface area contributed by atoms with Crippen LogP contribution in [0.15, 0.2) is 48.5 Å². The van der Waals surface area contributed by atoms with E-state index in [0.717, 1.165) is 36.5 Å². The fraction of sp³-hybridized carbons (Fsp3) is 0.350. The molecule has 1 N–H and O–H groups in total. The van der Waals surface area contributed by atoms with Crippen molar-refractivity contribution in [3.05, 3.63) is 54.1 Å². The highest BCUT2D eigenvalue weighted by atomic mass is 16.5. The average molecular weight is 326 g/mol. The van der Waals surface area contributed by atoms with Crippen LogP contribution in [0.1, 0.15) is 25.3 Å². The number of nitrogens with zero attached hydrogens (tertiary/aromatic N) is 1. The lowest BCUT2D eigenvalue weighted by atomic mass is 10.1. The van der Waals surface area contributed by atoms with Crippen LogP contribution < -0.4 is 15.0 Å². The maximum atomic E-state index is 12.1. The topological polar surface area (TPSA) is 41.6 Å². The molecule has 0 aliphatic heterocycles. The van der Waals surface area contributed by atoms with Gasteiger partial charge in [-0.25, -0.2) is 0 Å². The molecular weight excluding hydrogens is 300 g/mol. The summed E-state index contributed by atoms with van der Waals surface area (Å²) in [6.07, 6.45) is 2.22. The molecule has 128 valence electrons. The summed E-state index contributed by atoms with van der Waals surface area (Å²) >= 11 is 0. The normalized spacial score (nSPS) is 10.3. The molecule has 2 aromatic rings. The second-order valence-corrected chi connectivity index (χ2v) is 5.81. The van der Waals surface area contributed by atoms with E-state index in [-0.39, 0.29) is 5.91 Å². The van der Waals surface area contributed by atoms with Gasteiger partial charge in [0.15, 0.2) is 0 Å². The van der Waals surface area contributed by atoms with Crippen molar-refractivity contribution in [1.82, 2.24) is 0 Å². The van der Waals surface area contributed by atoms with Crippen molar-refractivity contribution in [1.29, 1.82) is 0 Å². The Labute approximate surface area is 144 Å². The van der Waals surface area contributed by atoms with Gasteiger partial charge < -0.3 is 15.0 Å². The lowest BCUT2D eigenvalue weighted by molar-refractivity contribution is -0.116. The summed E-state index contributed by atoms with van der Waals surface area (Å²) in [6.45, 7) is 3.03. The Hall–Kier alpha value is -2.49. The molecule has 1 amide bonds. The summed E-state index contributed by atoms with van der Waals surface area (Å²) in [5.74, 6) is 0.910. The molecule has 0 aliphatic rings. The van der Waals surface area contributed by atoms with Gasteiger partial charge in [0.05, 0.1) is 7.11 Å². The first-order valence-electron chi connectivity index (χ1n) is 8.36. The van der Waals surface area contributed by atoms with Crippen LogP contribution in [0.25, 0.3) is 0 Å². The Morgan fingerprint density at radius 1 is 1.17 bits per heavy atom. The van der Waals surface area contributed by atoms with E-state index in [0.29, 0.717) is 6.42 Å². The van der Waals surface area contributed by atoms with Gasteiger partial charge in [0.1, 0.15) is 5.75 Å². The van der Waals surface area contributed by atoms with Gasteiger partial charge in [-0.2, -0.15) is 0 Å². The minimum Gasteiger partial charge on any atom is -0.497 e. The Balaban J connectivity index is 1.80. The zero-order chi connectivity index (χ0) is 17.4. The summed E-state index contributed by atoms with van der Waals surface area (Å²) in [5, 5.41) is 2.98. The molecule has 0 radical (unpaired) electrons. The number of anilines is 2. The predicted molar refractivity (Wildman–Crippen MR) is 99.9 cm³/mol. The second-order valence-electron chi connectivity index (χ2n) is 5.81. The molecule has 4 heteroatoms. The number of methoxy groups -OCH3 is 1. The average Bonchev–Trinajstić information content (AvgIpc) is 2.61. The monoisotopic (exact) mass is 326 g/mol. The number of carbonyl (C=O) groups is 1. The molecule has 0 spiro atoms. The Morgan fingerprint density at radius 3 is 2.58 bits per heavy atom. The minimum absolute atomic E-state index is 0.0554. The molecule has 0 saturated heterocycles. The van der Waals surface area contributed by atoms with Gasteiger partial charge in [-0.05, 0) is 55.7 Å². The third-order valence-corrected chi connectivity index (χ3v) is 4.07. The van der Waals surface area contributed by atoms with E-state index in [1.807, 2.05) is 55.6 Å². The number of rotatable bonds is 8. The molecule has 2 aromatic carbocycles. The summed E-state index contributed by atoms with van der Waals surface area (Å²) < 4.78 is 5.15. The van der Waals surface area contributed by atoms with Crippen molar-refractivity contribution in [2.75, 3.05) is 30.9 Å². The number of benzene rings is 2. The van der Waals surface area contributed by atoms with Crippen molar-refractivity contribution in [3.8, 4) is 5.75 Å². The first kappa shape index (κ1) is 17.9. The first-order chi connectivity index (χ1) is 11.6. The van der Waals surface area contributed by atoms with Gasteiger partial charge >= 0.3 is 0 Å². The predicted octanol–water partition coefficient (Wildman–Crippen LogP) is 4.11. The van der Waals surface area contributed by atoms with E-state index in [2.05, 4.69) is 17.1 Å². The van der Waals surface area contributed by atoms with Crippen LogP contribution in [0.5, 0.6) is 5.75 Å². The molecule has 0 saturated carbocycles. The van der Waals surface area contributed by atoms with Gasteiger partial charge in [-0.3, -0.25) is 4.79 Å². The minimum atomic E-state index is 0.0554. The Morgan fingerprint density at radius 2 is 1.92 bits per heavy atom. The molecule has 4 nitrogen and oxygen atoms in total. The maximum Gasteiger partial charge on any atom is 0.224 e. The van der Waals surface area contributed by atoms with Crippen molar-refractivity contribution in [3.63, 3.8) is 0 Å². The van der Waals surface area contributed by atoms with Crippen LogP contribution in [0, 0.1) is 0 Å². The summed E-state index contributed by atoms with van der Waals surface area (Å²) in [6, 6.07) is 15.9. The van der Waals surface area contributed by atoms with Gasteiger partial charge in [0.2, 0.25) is 5.91 Å². The molecule has 24 heavy (non-hydrogen) atoms. The van der Waals surface area contributed by atoms with Gasteiger partial charge in [0.25, 0.3) is 0 Å². The van der Waals surface area contributed by atoms with Crippen LogP contribution in [0.2, 0.25) is 0 Å². The standard InChI is InChI=1S/C20H26N2O2/c1-4-22(2)18-9-6-8-17(15-18)21-20(23)10-5-7-16-11-13-19(24-3)14-12-16/h6,8-9,11-15H,4-5,7,10H2,1-3H3,(H,21,23). The van der Waals surface area contributed by atoms with Crippen LogP contribution in [-0.2, 0) is 11.2 Å². The molecule has 0 heterocycles. The van der Waals surface area contributed by atoms with Gasteiger partial charge in [-0.15, -0.1) is 0 Å². The number of hydrogen-bond acceptors (Lipinski definition) is 3. The fourth-order valence-electron chi connectivity index (χ4n) is 2.47. The van der Waals surface area contributed by atoms with E-state index in [4.69, 9.17) is 4.74 Å². The number of nitrogens with one attached hydrogen (secondary N) is 1. The molecule has 0 bridgehead atoms. The summed E-state index contributed by atoms with van der Waals surface area (Å²) in [4.78, 5) is 14.2. The third-order valence-electron chi connectivity index (χ3n) is 4.07. The van der Waals surface area contributed by atoms with Crippen molar-refractivity contribution >= 4 is 17.3 Å². The molecule has 0 atom stereocenters. The lowest BCUT2D eigenvalue weighted by Gasteiger charge is -2.17. The van der Waals surface area contributed by atoms with Crippen molar-refractivity contribution < 1.29 is 9.53 Å². The molecule has 0 aliphatic carbocycles. The zero-order valence-corrected chi connectivity index (χ0v) is 14.7. The summed E-state index contributed by atoms with van der Waals surface area (Å²) in [5.41, 5.74) is 3.17. The van der Waals surface area contributed by atoms with E-state index in [1.54, 1.807) is 7.11 Å². The van der Waals surface area contributed by atoms with Crippen LogP contribution in [0.3, 0.4) is 0 Å². The number of amides is 1. The molecule has 0 fully saturated rings. The van der Waals surface area contributed by atoms with Crippen molar-refractivity contribution in [2.24, 2.45) is 0 Å². The number of hydrogen-bond donors (Lipinski definition) is 1. The quantitative estimate of drug-likeness (QED) is 0.793. The van der Waals surface area contributed by atoms with Crippen LogP contribution in [0.4, 0.5) is 11.4 Å². The van der Waals surface area contributed by atoms with Crippen LogP contribution in [-0.4, -0.2) is 26.6 Å². The number of ether oxygens (including phenoxy) is 1. The van der Waals surface area contributed by atoms with E-state index in [9.17, 15) is 4.79 Å². The van der Waals surface area contributed by atoms with Gasteiger partial charge in [0, 0.05) is 31.4 Å². The van der Waals surface area contributed by atoms with E-state index >= 15 is 0 Å². The molecule has 0 aromatic heterocycles. The second kappa shape index (κ2) is 8.96. The largest absolute Gasteiger partial charge is 0.497 e. The SMILES string of the molecule is CCN(C)c1cccc(NC(=O)CCCc2ccc(OC)cc2)c1. The van der Waals surface area contributed by atoms with E-state index in [1.165, 1.54) is 5.56 Å². The molecule has 2 rings (SSSR count). The van der Waals surface area contributed by atoms with Crippen LogP contribution >= 0.6 is 0 Å². The Kier molecular flexibility index (Phi) is 6.67. The molecule has 0 unspecified atom stereocenters. The number of carbonyl (C=O) groups excluding carboxylic acids is 1.